The lowest BCUT2D eigenvalue weighted by atomic mass is 9.40. The summed E-state index contributed by atoms with van der Waals surface area (Å²) in [6, 6.07) is 6.90. The fourth-order valence-corrected chi connectivity index (χ4v) is 6.87. The summed E-state index contributed by atoms with van der Waals surface area (Å²) in [7, 11) is -0.731. The van der Waals surface area contributed by atoms with Gasteiger partial charge in [0.05, 0.1) is 28.2 Å². The first-order chi connectivity index (χ1) is 17.0. The van der Waals surface area contributed by atoms with E-state index in [1.54, 1.807) is 24.3 Å². The van der Waals surface area contributed by atoms with Crippen LogP contribution in [-0.2, 0) is 9.31 Å². The molecule has 2 aliphatic carbocycles. The molecule has 3 atom stereocenters. The van der Waals surface area contributed by atoms with E-state index in [1.807, 2.05) is 33.8 Å². The molecule has 1 aromatic heterocycles. The van der Waals surface area contributed by atoms with Crippen molar-refractivity contribution in [1.82, 2.24) is 13.9 Å². The third-order valence-electron chi connectivity index (χ3n) is 9.41. The molecule has 1 saturated heterocycles. The van der Waals surface area contributed by atoms with Gasteiger partial charge in [-0.25, -0.2) is 27.9 Å². The minimum Gasteiger partial charge on any atom is -0.403 e. The van der Waals surface area contributed by atoms with Gasteiger partial charge in [-0.15, -0.1) is 0 Å². The van der Waals surface area contributed by atoms with E-state index >= 15 is 4.39 Å². The summed E-state index contributed by atoms with van der Waals surface area (Å²) in [5.74, 6) is -0.388. The summed E-state index contributed by atoms with van der Waals surface area (Å²) >= 11 is 0. The lowest BCUT2D eigenvalue weighted by molar-refractivity contribution is 0.00578. The maximum absolute atomic E-state index is 15.7. The predicted molar refractivity (Wildman–Crippen MR) is 136 cm³/mol. The molecule has 190 valence electrons. The number of fused-ring (bicyclic) bond motifs is 1. The van der Waals surface area contributed by atoms with E-state index in [0.717, 1.165) is 36.7 Å². The fourth-order valence-electron chi connectivity index (χ4n) is 6.87. The van der Waals surface area contributed by atoms with Crippen LogP contribution in [0.4, 0.5) is 4.39 Å². The summed E-state index contributed by atoms with van der Waals surface area (Å²) in [5, 5.41) is -0.884. The van der Waals surface area contributed by atoms with Gasteiger partial charge >= 0.3 is 18.5 Å². The van der Waals surface area contributed by atoms with E-state index in [9.17, 15) is 9.59 Å². The molecule has 2 aromatic rings. The van der Waals surface area contributed by atoms with E-state index in [0.29, 0.717) is 11.3 Å². The zero-order valence-electron chi connectivity index (χ0n) is 21.4. The van der Waals surface area contributed by atoms with Crippen LogP contribution in [0.15, 0.2) is 64.0 Å². The average molecular weight is 493 g/mol. The molecule has 2 fully saturated rings. The molecule has 9 heteroatoms. The van der Waals surface area contributed by atoms with Crippen molar-refractivity contribution in [2.75, 3.05) is 0 Å². The Balaban J connectivity index is 1.62. The van der Waals surface area contributed by atoms with Crippen LogP contribution in [0.5, 0.6) is 0 Å². The number of halogens is 1. The van der Waals surface area contributed by atoms with Gasteiger partial charge in [-0.3, -0.25) is 0 Å². The summed E-state index contributed by atoms with van der Waals surface area (Å²) in [5.41, 5.74) is -1.28. The van der Waals surface area contributed by atoms with Gasteiger partial charge in [0.1, 0.15) is 11.9 Å². The van der Waals surface area contributed by atoms with Gasteiger partial charge in [0.2, 0.25) is 0 Å². The summed E-state index contributed by atoms with van der Waals surface area (Å²) in [6.45, 7) is 12.4. The van der Waals surface area contributed by atoms with Crippen molar-refractivity contribution in [3.05, 3.63) is 75.4 Å². The van der Waals surface area contributed by atoms with Gasteiger partial charge in [0.15, 0.2) is 0 Å². The first-order valence-electron chi connectivity index (χ1n) is 13.0. The normalized spacial score (nSPS) is 31.0. The number of hydrogen-bond donors (Lipinski definition) is 0. The lowest BCUT2D eigenvalue weighted by Gasteiger charge is -2.55. The highest BCUT2D eigenvalue weighted by Crippen LogP contribution is 2.68. The molecule has 3 unspecified atom stereocenters. The van der Waals surface area contributed by atoms with Crippen LogP contribution in [0.1, 0.15) is 71.9 Å². The van der Waals surface area contributed by atoms with Crippen LogP contribution in [0, 0.1) is 5.92 Å². The van der Waals surface area contributed by atoms with Crippen LogP contribution in [0.2, 0.25) is 5.31 Å². The number of para-hydroxylation sites is 1. The minimum atomic E-state index is -1.08. The van der Waals surface area contributed by atoms with Crippen molar-refractivity contribution in [3.63, 3.8) is 0 Å². The van der Waals surface area contributed by atoms with Crippen molar-refractivity contribution in [2.45, 2.75) is 88.4 Å². The smallest absolute Gasteiger partial charge is 0.403 e. The van der Waals surface area contributed by atoms with Gasteiger partial charge in [-0.1, -0.05) is 44.0 Å². The topological polar surface area (TPSA) is 67.4 Å². The number of nitrogens with zero attached hydrogens (tertiary/aromatic N) is 3. The molecular weight excluding hydrogens is 460 g/mol. The highest BCUT2D eigenvalue weighted by atomic mass is 19.1. The maximum atomic E-state index is 15.7. The number of allylic oxidation sites excluding steroid dienone is 3. The van der Waals surface area contributed by atoms with Gasteiger partial charge in [-0.2, -0.15) is 0 Å². The zero-order chi connectivity index (χ0) is 25.6. The standard InChI is InChI=1S/C27H33BFN3O4/c1-17-22-20(29)16-21(31-23(33)30(24(34)32(22)31)19-14-10-7-11-15-19)27(17,18-12-8-6-9-13-18)28-35-25(2,3)26(4,5)36-28/h7,10-11,14-16,18,21-22H,1,6,8-9,12-13H2,2-5H3. The first kappa shape index (κ1) is 23.7. The Morgan fingerprint density at radius 2 is 1.53 bits per heavy atom. The van der Waals surface area contributed by atoms with Gasteiger partial charge in [0, 0.05) is 0 Å². The minimum absolute atomic E-state index is 0.0705. The van der Waals surface area contributed by atoms with E-state index in [1.165, 1.54) is 15.4 Å². The quantitative estimate of drug-likeness (QED) is 0.458. The fraction of sp³-hybridized carbons (Fsp3) is 0.556. The summed E-state index contributed by atoms with van der Waals surface area (Å²) in [4.78, 5) is 27.6. The Morgan fingerprint density at radius 3 is 2.14 bits per heavy atom. The zero-order valence-corrected chi connectivity index (χ0v) is 21.4. The summed E-state index contributed by atoms with van der Waals surface area (Å²) in [6.07, 6.45) is 6.52. The van der Waals surface area contributed by atoms with Crippen LogP contribution < -0.4 is 11.4 Å². The van der Waals surface area contributed by atoms with Crippen LogP contribution >= 0.6 is 0 Å². The van der Waals surface area contributed by atoms with Crippen LogP contribution in [0.25, 0.3) is 5.69 Å². The second-order valence-electron chi connectivity index (χ2n) is 11.7. The second kappa shape index (κ2) is 7.68. The molecule has 0 radical (unpaired) electrons. The molecule has 7 rings (SSSR count). The molecule has 2 bridgehead atoms. The number of aromatic nitrogens is 3. The van der Waals surface area contributed by atoms with Crippen molar-refractivity contribution in [1.29, 1.82) is 0 Å². The van der Waals surface area contributed by atoms with Gasteiger partial charge in [0.25, 0.3) is 0 Å². The van der Waals surface area contributed by atoms with Gasteiger partial charge in [-0.05, 0) is 70.2 Å². The highest BCUT2D eigenvalue weighted by Gasteiger charge is 2.70. The second-order valence-corrected chi connectivity index (χ2v) is 11.7. The first-order valence-corrected chi connectivity index (χ1v) is 13.0. The SMILES string of the molecule is C=C1C2C(F)=CC(n3c(=O)n(-c4ccccc4)c(=O)n32)C1(B1OC(C)(C)C(C)(C)O1)C1CCCCC1. The third-order valence-corrected chi connectivity index (χ3v) is 9.41. The van der Waals surface area contributed by atoms with Crippen LogP contribution in [-0.4, -0.2) is 32.3 Å². The van der Waals surface area contributed by atoms with E-state index in [4.69, 9.17) is 9.31 Å². The van der Waals surface area contributed by atoms with Crippen LogP contribution in [0.3, 0.4) is 0 Å². The molecule has 0 amide bonds. The summed E-state index contributed by atoms with van der Waals surface area (Å²) < 4.78 is 32.8. The lowest BCUT2D eigenvalue weighted by Crippen LogP contribution is -2.58. The maximum Gasteiger partial charge on any atom is 0.471 e. The Bertz CT molecular complexity index is 1370. The molecule has 0 spiro atoms. The molecular formula is C27H33BFN3O4. The van der Waals surface area contributed by atoms with Crippen molar-refractivity contribution < 1.29 is 13.7 Å². The van der Waals surface area contributed by atoms with Crippen molar-refractivity contribution in [2.24, 2.45) is 5.92 Å². The Hall–Kier alpha value is -2.65. The van der Waals surface area contributed by atoms with E-state index < -0.39 is 52.9 Å². The molecule has 5 aliphatic rings. The molecule has 1 aromatic carbocycles. The molecule has 3 aliphatic heterocycles. The number of hydrogen-bond acceptors (Lipinski definition) is 4. The van der Waals surface area contributed by atoms with Crippen molar-refractivity contribution in [3.8, 4) is 5.69 Å². The number of rotatable bonds is 3. The monoisotopic (exact) mass is 493 g/mol. The number of benzene rings is 1. The Labute approximate surface area is 210 Å². The third kappa shape index (κ3) is 2.87. The molecule has 1 saturated carbocycles. The van der Waals surface area contributed by atoms with E-state index in [-0.39, 0.29) is 5.92 Å². The highest BCUT2D eigenvalue weighted by molar-refractivity contribution is 6.51. The average Bonchev–Trinajstić information content (AvgIpc) is 3.23. The van der Waals surface area contributed by atoms with E-state index in [2.05, 4.69) is 6.58 Å². The molecule has 7 nitrogen and oxygen atoms in total. The molecule has 36 heavy (non-hydrogen) atoms. The van der Waals surface area contributed by atoms with Crippen molar-refractivity contribution >= 4 is 7.12 Å². The Morgan fingerprint density at radius 1 is 0.944 bits per heavy atom. The largest absolute Gasteiger partial charge is 0.471 e. The van der Waals surface area contributed by atoms with Gasteiger partial charge < -0.3 is 9.31 Å². The molecule has 0 N–H and O–H groups in total. The Kier molecular flexibility index (Phi) is 5.06. The molecule has 4 heterocycles. The predicted octanol–water partition coefficient (Wildman–Crippen LogP) is 4.73.